The molecule has 0 saturated carbocycles. The molecule has 1 heterocycles. The second-order valence-electron chi connectivity index (χ2n) is 7.33. The molecule has 2 atom stereocenters. The quantitative estimate of drug-likeness (QED) is 0.789. The van der Waals surface area contributed by atoms with Crippen molar-refractivity contribution in [2.45, 2.75) is 35.8 Å². The van der Waals surface area contributed by atoms with Gasteiger partial charge in [0.2, 0.25) is 0 Å². The fourth-order valence-corrected chi connectivity index (χ4v) is 10.8. The molecule has 0 bridgehead atoms. The van der Waals surface area contributed by atoms with Crippen LogP contribution in [0, 0.1) is 0 Å². The lowest BCUT2D eigenvalue weighted by molar-refractivity contribution is 0.288. The monoisotopic (exact) mass is 390 g/mol. The van der Waals surface area contributed by atoms with Crippen molar-refractivity contribution in [1.29, 1.82) is 0 Å². The van der Waals surface area contributed by atoms with E-state index < -0.39 is 8.32 Å². The van der Waals surface area contributed by atoms with E-state index in [-0.39, 0.29) is 10.5 Å². The van der Waals surface area contributed by atoms with Crippen molar-refractivity contribution in [2.75, 3.05) is 12.4 Å². The fraction of sp³-hybridized carbons (Fsp3) is 0.400. The third-order valence-corrected chi connectivity index (χ3v) is 12.5. The number of hydrogen-bond acceptors (Lipinski definition) is 4. The van der Waals surface area contributed by atoms with E-state index in [0.717, 1.165) is 5.75 Å². The van der Waals surface area contributed by atoms with Crippen LogP contribution in [0.4, 0.5) is 0 Å². The smallest absolute Gasteiger partial charge is 0.261 e. The van der Waals surface area contributed by atoms with Crippen molar-refractivity contribution < 1.29 is 9.53 Å². The van der Waals surface area contributed by atoms with Crippen LogP contribution < -0.4 is 10.4 Å². The maximum atomic E-state index is 9.82. The van der Waals surface area contributed by atoms with E-state index in [1.165, 1.54) is 10.4 Å². The second-order valence-corrected chi connectivity index (χ2v) is 14.6. The molecule has 0 radical (unpaired) electrons. The number of rotatable bonds is 5. The third-order valence-electron chi connectivity index (χ3n) is 4.59. The Hall–Kier alpha value is -0.723. The van der Waals surface area contributed by atoms with E-state index in [9.17, 15) is 5.11 Å². The van der Waals surface area contributed by atoms with Gasteiger partial charge in [-0.1, -0.05) is 81.4 Å². The molecule has 1 N–H and O–H groups in total. The summed E-state index contributed by atoms with van der Waals surface area (Å²) in [5, 5.41) is 12.4. The van der Waals surface area contributed by atoms with Crippen molar-refractivity contribution in [1.82, 2.24) is 0 Å². The summed E-state index contributed by atoms with van der Waals surface area (Å²) in [6.07, 6.45) is 0. The van der Waals surface area contributed by atoms with E-state index >= 15 is 0 Å². The molecular formula is C20H26O2S2Si. The summed E-state index contributed by atoms with van der Waals surface area (Å²) < 4.78 is 7.19. The van der Waals surface area contributed by atoms with Gasteiger partial charge in [0.05, 0.1) is 11.2 Å². The Morgan fingerprint density at radius 3 is 1.92 bits per heavy atom. The van der Waals surface area contributed by atoms with Gasteiger partial charge in [-0.2, -0.15) is 0 Å². The first-order valence-electron chi connectivity index (χ1n) is 8.63. The highest BCUT2D eigenvalue weighted by molar-refractivity contribution is 8.20. The number of thioether (sulfide) groups is 2. The molecule has 5 heteroatoms. The Morgan fingerprint density at radius 1 is 1.00 bits per heavy atom. The predicted molar refractivity (Wildman–Crippen MR) is 113 cm³/mol. The average molecular weight is 391 g/mol. The third kappa shape index (κ3) is 4.01. The van der Waals surface area contributed by atoms with Crippen LogP contribution in [0.15, 0.2) is 60.7 Å². The van der Waals surface area contributed by atoms with Crippen LogP contribution in [-0.4, -0.2) is 35.8 Å². The Morgan fingerprint density at radius 2 is 1.52 bits per heavy atom. The predicted octanol–water partition coefficient (Wildman–Crippen LogP) is 3.69. The van der Waals surface area contributed by atoms with Gasteiger partial charge in [-0.25, -0.2) is 0 Å². The van der Waals surface area contributed by atoms with Crippen molar-refractivity contribution in [3.8, 4) is 0 Å². The zero-order valence-corrected chi connectivity index (χ0v) is 17.6. The summed E-state index contributed by atoms with van der Waals surface area (Å²) in [5.41, 5.74) is -0.266. The minimum atomic E-state index is -2.45. The Balaban J connectivity index is 2.02. The van der Waals surface area contributed by atoms with E-state index in [1.807, 2.05) is 0 Å². The molecule has 1 aliphatic rings. The lowest BCUT2D eigenvalue weighted by atomic mass is 10.2. The normalized spacial score (nSPS) is 21.4. The first-order chi connectivity index (χ1) is 11.9. The maximum Gasteiger partial charge on any atom is 0.261 e. The van der Waals surface area contributed by atoms with Crippen molar-refractivity contribution in [3.63, 3.8) is 0 Å². The molecule has 3 rings (SSSR count). The van der Waals surface area contributed by atoms with Crippen molar-refractivity contribution >= 4 is 42.2 Å². The van der Waals surface area contributed by atoms with E-state index in [4.69, 9.17) is 4.43 Å². The number of hydrogen-bond donors (Lipinski definition) is 1. The molecule has 0 unspecified atom stereocenters. The summed E-state index contributed by atoms with van der Waals surface area (Å²) in [4.78, 5) is 0. The Bertz CT molecular complexity index is 634. The van der Waals surface area contributed by atoms with Crippen LogP contribution in [0.3, 0.4) is 0 Å². The highest BCUT2D eigenvalue weighted by Gasteiger charge is 2.50. The highest BCUT2D eigenvalue weighted by Crippen LogP contribution is 2.40. The molecule has 2 aromatic carbocycles. The Kier molecular flexibility index (Phi) is 6.01. The van der Waals surface area contributed by atoms with Crippen molar-refractivity contribution in [2.24, 2.45) is 0 Å². The number of aliphatic hydroxyl groups is 1. The first kappa shape index (κ1) is 19.0. The van der Waals surface area contributed by atoms with Crippen LogP contribution in [0.25, 0.3) is 0 Å². The summed E-state index contributed by atoms with van der Waals surface area (Å²) in [7, 11) is -2.45. The van der Waals surface area contributed by atoms with Gasteiger partial charge in [-0.15, -0.1) is 23.5 Å². The number of benzene rings is 2. The molecule has 2 nitrogen and oxygen atoms in total. The van der Waals surface area contributed by atoms with Gasteiger partial charge in [0.25, 0.3) is 8.32 Å². The van der Waals surface area contributed by atoms with Crippen LogP contribution in [-0.2, 0) is 4.43 Å². The molecule has 0 amide bonds. The molecule has 1 saturated heterocycles. The molecule has 0 aromatic heterocycles. The van der Waals surface area contributed by atoms with Crippen LogP contribution in [0.5, 0.6) is 0 Å². The van der Waals surface area contributed by atoms with Gasteiger partial charge in [0.1, 0.15) is 5.44 Å². The summed E-state index contributed by atoms with van der Waals surface area (Å²) in [6.45, 7) is 7.55. The molecule has 2 aromatic rings. The van der Waals surface area contributed by atoms with Gasteiger partial charge in [-0.05, 0) is 15.4 Å². The van der Waals surface area contributed by atoms with E-state index in [2.05, 4.69) is 81.4 Å². The highest BCUT2D eigenvalue weighted by atomic mass is 32.2. The topological polar surface area (TPSA) is 29.5 Å². The lowest BCUT2D eigenvalue weighted by Gasteiger charge is -2.43. The Labute approximate surface area is 160 Å². The van der Waals surface area contributed by atoms with Crippen LogP contribution in [0.1, 0.15) is 20.8 Å². The molecule has 134 valence electrons. The summed E-state index contributed by atoms with van der Waals surface area (Å²) in [6, 6.07) is 21.4. The molecule has 0 spiro atoms. The van der Waals surface area contributed by atoms with Gasteiger partial charge >= 0.3 is 0 Å². The SMILES string of the molecule is CC(C)(C)[Si](OC[C@H]1SC[C@H](O)S1)(c1ccccc1)c1ccccc1. The largest absolute Gasteiger partial charge is 0.405 e. The van der Waals surface area contributed by atoms with Crippen LogP contribution >= 0.6 is 23.5 Å². The van der Waals surface area contributed by atoms with Gasteiger partial charge < -0.3 is 9.53 Å². The molecular weight excluding hydrogens is 364 g/mol. The minimum absolute atomic E-state index is 0.00224. The van der Waals surface area contributed by atoms with Gasteiger partial charge in [0, 0.05) is 5.75 Å². The zero-order valence-electron chi connectivity index (χ0n) is 15.0. The van der Waals surface area contributed by atoms with Crippen LogP contribution in [0.2, 0.25) is 5.04 Å². The van der Waals surface area contributed by atoms with Gasteiger partial charge in [-0.3, -0.25) is 0 Å². The van der Waals surface area contributed by atoms with Gasteiger partial charge in [0.15, 0.2) is 0 Å². The lowest BCUT2D eigenvalue weighted by Crippen LogP contribution is -2.66. The van der Waals surface area contributed by atoms with Crippen molar-refractivity contribution in [3.05, 3.63) is 60.7 Å². The molecule has 1 fully saturated rings. The minimum Gasteiger partial charge on any atom is -0.405 e. The fourth-order valence-electron chi connectivity index (χ4n) is 3.49. The molecule has 0 aliphatic carbocycles. The molecule has 1 aliphatic heterocycles. The number of aliphatic hydroxyl groups excluding tert-OH is 1. The summed E-state index contributed by atoms with van der Waals surface area (Å²) >= 11 is 3.43. The average Bonchev–Trinajstić information content (AvgIpc) is 3.02. The zero-order chi connectivity index (χ0) is 17.9. The second kappa shape index (κ2) is 7.88. The van der Waals surface area contributed by atoms with E-state index in [0.29, 0.717) is 11.2 Å². The summed E-state index contributed by atoms with van der Waals surface area (Å²) in [5.74, 6) is 0.791. The first-order valence-corrected chi connectivity index (χ1v) is 12.5. The molecule has 25 heavy (non-hydrogen) atoms. The van der Waals surface area contributed by atoms with E-state index in [1.54, 1.807) is 23.5 Å². The maximum absolute atomic E-state index is 9.82. The standard InChI is InChI=1S/C20H26O2S2Si/c1-20(2,3)25(16-10-6-4-7-11-16,17-12-8-5-9-13-17)22-14-19-23-15-18(21)24-19/h4-13,18-19,21H,14-15H2,1-3H3/t18-,19+/m1/s1.